The fraction of sp³-hybridized carbons (Fsp3) is 0.238. The highest BCUT2D eigenvalue weighted by Gasteiger charge is 2.27. The molecule has 1 aliphatic rings. The van der Waals surface area contributed by atoms with Crippen LogP contribution in [0.2, 0.25) is 5.15 Å². The molecule has 0 spiro atoms. The molecule has 0 fully saturated rings. The van der Waals surface area contributed by atoms with Gasteiger partial charge in [-0.05, 0) is 60.2 Å². The third kappa shape index (κ3) is 2.61. The summed E-state index contributed by atoms with van der Waals surface area (Å²) in [5.41, 5.74) is 5.23. The first kappa shape index (κ1) is 15.3. The van der Waals surface area contributed by atoms with Gasteiger partial charge in [-0.2, -0.15) is 0 Å². The Morgan fingerprint density at radius 3 is 2.50 bits per heavy atom. The monoisotopic (exact) mass is 335 g/mol. The lowest BCUT2D eigenvalue weighted by molar-refractivity contribution is 0.0925. The Balaban J connectivity index is 1.67. The quantitative estimate of drug-likeness (QED) is 0.495. The summed E-state index contributed by atoms with van der Waals surface area (Å²) in [4.78, 5) is 17.4. The molecule has 0 N–H and O–H groups in total. The first-order valence-corrected chi connectivity index (χ1v) is 8.73. The molecule has 2 nitrogen and oxygen atoms in total. The highest BCUT2D eigenvalue weighted by atomic mass is 35.5. The van der Waals surface area contributed by atoms with Crippen molar-refractivity contribution in [3.8, 4) is 0 Å². The van der Waals surface area contributed by atoms with Gasteiger partial charge >= 0.3 is 0 Å². The number of aryl methyl sites for hydroxylation is 1. The number of halogens is 1. The molecule has 0 saturated heterocycles. The van der Waals surface area contributed by atoms with E-state index in [-0.39, 0.29) is 11.7 Å². The zero-order valence-corrected chi connectivity index (χ0v) is 14.3. The molecule has 3 aromatic rings. The van der Waals surface area contributed by atoms with Gasteiger partial charge in [0.2, 0.25) is 0 Å². The first-order valence-electron chi connectivity index (χ1n) is 8.36. The second kappa shape index (κ2) is 6.03. The van der Waals surface area contributed by atoms with Crippen LogP contribution in [0.15, 0.2) is 48.5 Å². The Morgan fingerprint density at radius 1 is 1.12 bits per heavy atom. The number of pyridine rings is 1. The van der Waals surface area contributed by atoms with Crippen LogP contribution in [0, 0.1) is 5.92 Å². The van der Waals surface area contributed by atoms with Crippen LogP contribution in [-0.2, 0) is 19.3 Å². The van der Waals surface area contributed by atoms with Crippen LogP contribution in [0.1, 0.15) is 34.0 Å². The largest absolute Gasteiger partial charge is 0.294 e. The first-order chi connectivity index (χ1) is 11.7. The van der Waals surface area contributed by atoms with Gasteiger partial charge in [-0.15, -0.1) is 0 Å². The molecule has 0 radical (unpaired) electrons. The number of ketones is 1. The van der Waals surface area contributed by atoms with Gasteiger partial charge in [-0.25, -0.2) is 4.98 Å². The topological polar surface area (TPSA) is 30.0 Å². The van der Waals surface area contributed by atoms with E-state index in [2.05, 4.69) is 24.0 Å². The van der Waals surface area contributed by atoms with Gasteiger partial charge in [-0.3, -0.25) is 4.79 Å². The number of carbonyl (C=O) groups is 1. The Bertz CT molecular complexity index is 923. The van der Waals surface area contributed by atoms with E-state index < -0.39 is 0 Å². The van der Waals surface area contributed by atoms with Crippen molar-refractivity contribution in [2.45, 2.75) is 26.2 Å². The molecule has 0 bridgehead atoms. The molecular weight excluding hydrogens is 318 g/mol. The average molecular weight is 336 g/mol. The van der Waals surface area contributed by atoms with Gasteiger partial charge in [0.15, 0.2) is 5.78 Å². The van der Waals surface area contributed by atoms with E-state index in [4.69, 9.17) is 11.6 Å². The Morgan fingerprint density at radius 2 is 1.83 bits per heavy atom. The van der Waals surface area contributed by atoms with E-state index in [1.807, 2.05) is 36.4 Å². The summed E-state index contributed by atoms with van der Waals surface area (Å²) >= 11 is 6.18. The minimum absolute atomic E-state index is 0.0470. The molecule has 1 aromatic heterocycles. The normalized spacial score (nSPS) is 14.1. The van der Waals surface area contributed by atoms with Crippen molar-refractivity contribution in [2.75, 3.05) is 0 Å². The van der Waals surface area contributed by atoms with Crippen molar-refractivity contribution in [3.05, 3.63) is 75.9 Å². The predicted octanol–water partition coefficient (Wildman–Crippen LogP) is 5.05. The standard InChI is InChI=1S/C21H18ClNO/c1-2-13-9-17-12-16(7-8-19(17)23-21(13)22)20(24)18-10-14-5-3-4-6-15(14)11-18/h3-9,12,18H,2,10-11H2,1H3. The summed E-state index contributed by atoms with van der Waals surface area (Å²) in [6.45, 7) is 2.06. The zero-order valence-electron chi connectivity index (χ0n) is 13.6. The summed E-state index contributed by atoms with van der Waals surface area (Å²) in [7, 11) is 0. The number of aromatic nitrogens is 1. The molecule has 2 aromatic carbocycles. The van der Waals surface area contributed by atoms with E-state index in [9.17, 15) is 4.79 Å². The lowest BCUT2D eigenvalue weighted by atomic mass is 9.94. The predicted molar refractivity (Wildman–Crippen MR) is 97.8 cm³/mol. The molecular formula is C21H18ClNO. The van der Waals surface area contributed by atoms with Crippen molar-refractivity contribution in [1.82, 2.24) is 4.98 Å². The smallest absolute Gasteiger partial charge is 0.166 e. The molecule has 4 rings (SSSR count). The van der Waals surface area contributed by atoms with Gasteiger partial charge in [-0.1, -0.05) is 42.8 Å². The van der Waals surface area contributed by atoms with Crippen molar-refractivity contribution in [1.29, 1.82) is 0 Å². The second-order valence-corrected chi connectivity index (χ2v) is 6.80. The molecule has 0 unspecified atom stereocenters. The van der Waals surface area contributed by atoms with Gasteiger partial charge in [0.05, 0.1) is 5.52 Å². The molecule has 3 heteroatoms. The second-order valence-electron chi connectivity index (χ2n) is 6.44. The van der Waals surface area contributed by atoms with Crippen LogP contribution in [0.3, 0.4) is 0 Å². The van der Waals surface area contributed by atoms with Crippen molar-refractivity contribution in [2.24, 2.45) is 5.92 Å². The minimum atomic E-state index is 0.0470. The van der Waals surface area contributed by atoms with Crippen LogP contribution >= 0.6 is 11.6 Å². The third-order valence-corrected chi connectivity index (χ3v) is 5.26. The highest BCUT2D eigenvalue weighted by molar-refractivity contribution is 6.30. The molecule has 0 amide bonds. The lowest BCUT2D eigenvalue weighted by Gasteiger charge is -2.10. The number of hydrogen-bond acceptors (Lipinski definition) is 2. The van der Waals surface area contributed by atoms with Crippen molar-refractivity contribution < 1.29 is 4.79 Å². The van der Waals surface area contributed by atoms with E-state index in [1.54, 1.807) is 0 Å². The fourth-order valence-electron chi connectivity index (χ4n) is 3.58. The number of rotatable bonds is 3. The summed E-state index contributed by atoms with van der Waals surface area (Å²) in [6, 6.07) is 16.1. The van der Waals surface area contributed by atoms with Gasteiger partial charge in [0, 0.05) is 16.9 Å². The fourth-order valence-corrected chi connectivity index (χ4v) is 3.86. The number of fused-ring (bicyclic) bond motifs is 2. The van der Waals surface area contributed by atoms with Crippen LogP contribution in [0.4, 0.5) is 0 Å². The van der Waals surface area contributed by atoms with Gasteiger partial charge in [0.1, 0.15) is 5.15 Å². The summed E-state index contributed by atoms with van der Waals surface area (Å²) in [5.74, 6) is 0.270. The van der Waals surface area contributed by atoms with Crippen molar-refractivity contribution in [3.63, 3.8) is 0 Å². The maximum Gasteiger partial charge on any atom is 0.166 e. The Labute approximate surface area is 146 Å². The molecule has 24 heavy (non-hydrogen) atoms. The van der Waals surface area contributed by atoms with E-state index in [0.717, 1.165) is 41.3 Å². The summed E-state index contributed by atoms with van der Waals surface area (Å²) in [5, 5.41) is 1.54. The van der Waals surface area contributed by atoms with Crippen LogP contribution < -0.4 is 0 Å². The average Bonchev–Trinajstić information content (AvgIpc) is 3.04. The van der Waals surface area contributed by atoms with E-state index >= 15 is 0 Å². The van der Waals surface area contributed by atoms with Crippen molar-refractivity contribution >= 4 is 28.3 Å². The maximum absolute atomic E-state index is 12.9. The lowest BCUT2D eigenvalue weighted by Crippen LogP contribution is -2.15. The Kier molecular flexibility index (Phi) is 3.85. The van der Waals surface area contributed by atoms with E-state index in [1.165, 1.54) is 11.1 Å². The number of benzene rings is 2. The number of Topliss-reactive ketones (excluding diaryl/α,β-unsaturated/α-hetero) is 1. The third-order valence-electron chi connectivity index (χ3n) is 4.93. The zero-order chi connectivity index (χ0) is 16.7. The molecule has 1 heterocycles. The molecule has 0 saturated carbocycles. The maximum atomic E-state index is 12.9. The molecule has 1 aliphatic carbocycles. The summed E-state index contributed by atoms with van der Waals surface area (Å²) < 4.78 is 0. The number of carbonyl (C=O) groups excluding carboxylic acids is 1. The Hall–Kier alpha value is -2.19. The minimum Gasteiger partial charge on any atom is -0.294 e. The van der Waals surface area contributed by atoms with Gasteiger partial charge < -0.3 is 0 Å². The summed E-state index contributed by atoms with van der Waals surface area (Å²) in [6.07, 6.45) is 2.51. The SMILES string of the molecule is CCc1cc2cc(C(=O)C3Cc4ccccc4C3)ccc2nc1Cl. The van der Waals surface area contributed by atoms with Crippen LogP contribution in [-0.4, -0.2) is 10.8 Å². The highest BCUT2D eigenvalue weighted by Crippen LogP contribution is 2.30. The van der Waals surface area contributed by atoms with Crippen LogP contribution in [0.25, 0.3) is 10.9 Å². The van der Waals surface area contributed by atoms with E-state index in [0.29, 0.717) is 5.15 Å². The molecule has 0 aliphatic heterocycles. The van der Waals surface area contributed by atoms with Gasteiger partial charge in [0.25, 0.3) is 0 Å². The molecule has 120 valence electrons. The molecule has 0 atom stereocenters. The number of nitrogens with zero attached hydrogens (tertiary/aromatic N) is 1. The van der Waals surface area contributed by atoms with Crippen LogP contribution in [0.5, 0.6) is 0 Å². The number of hydrogen-bond donors (Lipinski definition) is 0.